The van der Waals surface area contributed by atoms with E-state index in [1.54, 1.807) is 30.3 Å². The number of phenolic OH excluding ortho intramolecular Hbond substituents is 1. The smallest absolute Gasteiger partial charge is 0.491 e. The van der Waals surface area contributed by atoms with Gasteiger partial charge in [0.05, 0.1) is 4.88 Å². The van der Waals surface area contributed by atoms with Crippen LogP contribution in [-0.2, 0) is 4.79 Å². The molecule has 1 aliphatic rings. The maximum atomic E-state index is 12.7. The maximum absolute atomic E-state index is 12.7. The number of rotatable bonds is 8. The van der Waals surface area contributed by atoms with Crippen molar-refractivity contribution in [3.8, 4) is 39.2 Å². The Morgan fingerprint density at radius 1 is 1.00 bits per heavy atom. The van der Waals surface area contributed by atoms with E-state index in [1.165, 1.54) is 35.6 Å². The first-order valence-corrected chi connectivity index (χ1v) is 12.8. The van der Waals surface area contributed by atoms with Gasteiger partial charge in [0.15, 0.2) is 5.75 Å². The number of thiophene rings is 1. The van der Waals surface area contributed by atoms with Crippen LogP contribution in [-0.4, -0.2) is 47.9 Å². The minimum absolute atomic E-state index is 0.0959. The van der Waals surface area contributed by atoms with Crippen LogP contribution >= 0.6 is 11.3 Å². The Kier molecular flexibility index (Phi) is 7.18. The lowest BCUT2D eigenvalue weighted by Crippen LogP contribution is -2.53. The molecule has 0 unspecified atom stereocenters. The minimum atomic E-state index is -5.10. The van der Waals surface area contributed by atoms with Gasteiger partial charge in [-0.15, -0.1) is 11.3 Å². The molecule has 6 nitrogen and oxygen atoms in total. The van der Waals surface area contributed by atoms with Gasteiger partial charge >= 0.3 is 12.1 Å². The number of fused-ring (bicyclic) bond motifs is 1. The molecule has 0 bridgehead atoms. The van der Waals surface area contributed by atoms with Crippen LogP contribution < -0.4 is 14.2 Å². The average molecular weight is 544 g/mol. The first kappa shape index (κ1) is 25.9. The largest absolute Gasteiger partial charge is 0.508 e. The second-order valence-electron chi connectivity index (χ2n) is 8.93. The zero-order valence-electron chi connectivity index (χ0n) is 20.3. The van der Waals surface area contributed by atoms with Gasteiger partial charge in [-0.2, -0.15) is 13.2 Å². The zero-order chi connectivity index (χ0) is 26.9. The van der Waals surface area contributed by atoms with Gasteiger partial charge in [-0.1, -0.05) is 6.92 Å². The predicted molar refractivity (Wildman–Crippen MR) is 138 cm³/mol. The highest BCUT2D eigenvalue weighted by Crippen LogP contribution is 2.47. The van der Waals surface area contributed by atoms with Gasteiger partial charge in [0, 0.05) is 23.2 Å². The molecule has 0 saturated carbocycles. The van der Waals surface area contributed by atoms with Crippen molar-refractivity contribution in [3.63, 3.8) is 0 Å². The maximum Gasteiger partial charge on any atom is 0.491 e. The number of hydrogen-bond donors (Lipinski definition) is 1. The van der Waals surface area contributed by atoms with Crippen LogP contribution in [0.2, 0.25) is 0 Å². The molecule has 1 N–H and O–H groups in total. The monoisotopic (exact) mass is 543 g/mol. The van der Waals surface area contributed by atoms with Crippen molar-refractivity contribution < 1.29 is 37.3 Å². The van der Waals surface area contributed by atoms with Gasteiger partial charge in [0.2, 0.25) is 0 Å². The van der Waals surface area contributed by atoms with Crippen LogP contribution in [0.25, 0.3) is 20.5 Å². The summed E-state index contributed by atoms with van der Waals surface area (Å²) in [4.78, 5) is 14.3. The number of halogens is 3. The number of ether oxygens (including phenoxy) is 3. The van der Waals surface area contributed by atoms with Crippen molar-refractivity contribution in [3.05, 3.63) is 66.7 Å². The molecule has 1 aliphatic heterocycles. The van der Waals surface area contributed by atoms with Crippen molar-refractivity contribution in [1.29, 1.82) is 0 Å². The van der Waals surface area contributed by atoms with E-state index >= 15 is 0 Å². The van der Waals surface area contributed by atoms with Crippen LogP contribution in [0.5, 0.6) is 28.7 Å². The molecule has 0 amide bonds. The first-order chi connectivity index (χ1) is 18.2. The summed E-state index contributed by atoms with van der Waals surface area (Å²) in [6.45, 7) is 5.03. The highest BCUT2D eigenvalue weighted by Gasteiger charge is 2.41. The molecular weight excluding hydrogens is 519 g/mol. The third-order valence-electron chi connectivity index (χ3n) is 6.00. The normalized spacial score (nSPS) is 14.3. The summed E-state index contributed by atoms with van der Waals surface area (Å²) in [6.07, 6.45) is -3.82. The number of aromatic hydroxyl groups is 1. The molecule has 0 spiro atoms. The molecule has 38 heavy (non-hydrogen) atoms. The lowest BCUT2D eigenvalue weighted by atomic mass is 10.1. The Morgan fingerprint density at radius 2 is 1.66 bits per heavy atom. The molecule has 3 aromatic carbocycles. The minimum Gasteiger partial charge on any atom is -0.508 e. The van der Waals surface area contributed by atoms with E-state index in [1.807, 2.05) is 12.1 Å². The van der Waals surface area contributed by atoms with E-state index in [2.05, 4.69) is 16.6 Å². The fourth-order valence-electron chi connectivity index (χ4n) is 4.18. The van der Waals surface area contributed by atoms with Crippen molar-refractivity contribution in [2.75, 3.05) is 19.6 Å². The topological polar surface area (TPSA) is 68.2 Å². The molecule has 1 saturated heterocycles. The van der Waals surface area contributed by atoms with Crippen molar-refractivity contribution in [1.82, 2.24) is 4.90 Å². The van der Waals surface area contributed by atoms with E-state index in [9.17, 15) is 23.1 Å². The molecule has 0 aliphatic carbocycles. The van der Waals surface area contributed by atoms with E-state index in [4.69, 9.17) is 9.47 Å². The van der Waals surface area contributed by atoms with Crippen molar-refractivity contribution in [2.45, 2.75) is 25.6 Å². The van der Waals surface area contributed by atoms with Gasteiger partial charge in [-0.25, -0.2) is 4.79 Å². The number of benzene rings is 3. The van der Waals surface area contributed by atoms with Gasteiger partial charge < -0.3 is 19.3 Å². The molecule has 0 radical (unpaired) electrons. The number of carbonyl (C=O) groups is 1. The summed E-state index contributed by atoms with van der Waals surface area (Å²) in [6, 6.07) is 18.0. The van der Waals surface area contributed by atoms with Gasteiger partial charge in [-0.05, 0) is 85.3 Å². The summed E-state index contributed by atoms with van der Waals surface area (Å²) in [5, 5.41) is 10.3. The number of likely N-dealkylation sites (tertiary alicyclic amines) is 1. The van der Waals surface area contributed by atoms with Crippen LogP contribution in [0.3, 0.4) is 0 Å². The van der Waals surface area contributed by atoms with E-state index < -0.39 is 12.1 Å². The lowest BCUT2D eigenvalue weighted by Gasteiger charge is -2.38. The number of carbonyl (C=O) groups excluding carboxylic acids is 1. The second kappa shape index (κ2) is 10.5. The van der Waals surface area contributed by atoms with Gasteiger partial charge in [0.1, 0.15) is 29.1 Å². The molecule has 198 valence electrons. The molecule has 0 atom stereocenters. The molecule has 5 rings (SSSR count). The van der Waals surface area contributed by atoms with Gasteiger partial charge in [-0.3, -0.25) is 4.90 Å². The first-order valence-electron chi connectivity index (χ1n) is 12.0. The van der Waals surface area contributed by atoms with E-state index in [0.29, 0.717) is 26.5 Å². The highest BCUT2D eigenvalue weighted by atomic mass is 32.1. The van der Waals surface area contributed by atoms with Crippen LogP contribution in [0.4, 0.5) is 13.2 Å². The number of phenols is 1. The molecule has 1 aromatic heterocycles. The zero-order valence-corrected chi connectivity index (χ0v) is 21.1. The summed E-state index contributed by atoms with van der Waals surface area (Å²) < 4.78 is 55.3. The van der Waals surface area contributed by atoms with Crippen molar-refractivity contribution >= 4 is 27.4 Å². The van der Waals surface area contributed by atoms with Gasteiger partial charge in [0.25, 0.3) is 0 Å². The summed E-state index contributed by atoms with van der Waals surface area (Å²) in [7, 11) is 0. The molecule has 10 heteroatoms. The Morgan fingerprint density at radius 3 is 2.32 bits per heavy atom. The summed E-state index contributed by atoms with van der Waals surface area (Å²) in [5.41, 5.74) is 0.745. The predicted octanol–water partition coefficient (Wildman–Crippen LogP) is 7.01. The third kappa shape index (κ3) is 5.71. The van der Waals surface area contributed by atoms with Crippen LogP contribution in [0.1, 0.15) is 13.3 Å². The molecule has 2 heterocycles. The fourth-order valence-corrected chi connectivity index (χ4v) is 5.34. The second-order valence-corrected chi connectivity index (χ2v) is 9.98. The molecule has 4 aromatic rings. The Labute approximate surface area is 220 Å². The Bertz CT molecular complexity index is 1430. The average Bonchev–Trinajstić information content (AvgIpc) is 3.21. The number of esters is 1. The standard InChI is InChI=1S/C28H24F3NO5S/c1-2-13-32-15-22(16-32)35-19-7-9-20(10-8-19)36-25-23-12-11-21(37-27(34)28(29,30)31)14-24(23)38-26(25)17-3-5-18(33)6-4-17/h3-12,14,22,33H,2,13,15-16H2,1H3. The summed E-state index contributed by atoms with van der Waals surface area (Å²) >= 11 is 1.27. The van der Waals surface area contributed by atoms with Crippen LogP contribution in [0.15, 0.2) is 66.7 Å². The third-order valence-corrected chi connectivity index (χ3v) is 7.18. The summed E-state index contributed by atoms with van der Waals surface area (Å²) in [5.74, 6) is -0.633. The van der Waals surface area contributed by atoms with Crippen molar-refractivity contribution in [2.24, 2.45) is 0 Å². The Hall–Kier alpha value is -3.76. The number of hydrogen-bond acceptors (Lipinski definition) is 7. The quantitative estimate of drug-likeness (QED) is 0.191. The van der Waals surface area contributed by atoms with E-state index in [-0.39, 0.29) is 17.6 Å². The lowest BCUT2D eigenvalue weighted by molar-refractivity contribution is -0.189. The fraction of sp³-hybridized carbons (Fsp3) is 0.250. The Balaban J connectivity index is 1.40. The highest BCUT2D eigenvalue weighted by molar-refractivity contribution is 7.22. The van der Waals surface area contributed by atoms with Crippen LogP contribution in [0, 0.1) is 0 Å². The SMILES string of the molecule is CCCN1CC(Oc2ccc(Oc3c(-c4ccc(O)cc4)sc4cc(OC(=O)C(F)(F)F)ccc34)cc2)C1. The molecule has 1 fully saturated rings. The van der Waals surface area contributed by atoms with E-state index in [0.717, 1.165) is 37.4 Å². The number of nitrogens with zero attached hydrogens (tertiary/aromatic N) is 1. The molecular formula is C28H24F3NO5S. The number of alkyl halides is 3.